The topological polar surface area (TPSA) is 27.1 Å². The molecule has 0 aliphatic carbocycles. The van der Waals surface area contributed by atoms with Gasteiger partial charge in [-0.25, -0.2) is 4.98 Å². The van der Waals surface area contributed by atoms with E-state index in [1.807, 2.05) is 18.2 Å². The van der Waals surface area contributed by atoms with E-state index in [4.69, 9.17) is 16.3 Å². The summed E-state index contributed by atoms with van der Waals surface area (Å²) >= 11 is 6.10. The molecule has 1 heterocycles. The number of imidazole rings is 1. The van der Waals surface area contributed by atoms with Crippen LogP contribution in [0.25, 0.3) is 16.7 Å². The maximum Gasteiger partial charge on any atom is 0.129 e. The van der Waals surface area contributed by atoms with Crippen LogP contribution in [0, 0.1) is 13.8 Å². The van der Waals surface area contributed by atoms with Crippen LogP contribution in [0.5, 0.6) is 5.75 Å². The van der Waals surface area contributed by atoms with Gasteiger partial charge in [0, 0.05) is 6.07 Å². The highest BCUT2D eigenvalue weighted by Crippen LogP contribution is 2.28. The highest BCUT2D eigenvalue weighted by atomic mass is 35.5. The number of nitrogens with zero attached hydrogens (tertiary/aromatic N) is 2. The van der Waals surface area contributed by atoms with Gasteiger partial charge in [0.15, 0.2) is 0 Å². The predicted molar refractivity (Wildman–Crippen MR) is 86.7 cm³/mol. The Morgan fingerprint density at radius 3 is 2.67 bits per heavy atom. The molecule has 0 radical (unpaired) electrons. The summed E-state index contributed by atoms with van der Waals surface area (Å²) in [4.78, 5) is 4.64. The molecule has 0 bridgehead atoms. The number of hydrogen-bond donors (Lipinski definition) is 0. The van der Waals surface area contributed by atoms with Crippen LogP contribution in [-0.4, -0.2) is 16.7 Å². The first-order valence-corrected chi connectivity index (χ1v) is 7.36. The summed E-state index contributed by atoms with van der Waals surface area (Å²) in [6.07, 6.45) is 0. The van der Waals surface area contributed by atoms with E-state index in [1.165, 1.54) is 11.1 Å². The van der Waals surface area contributed by atoms with Gasteiger partial charge >= 0.3 is 0 Å². The fourth-order valence-electron chi connectivity index (χ4n) is 2.56. The molecule has 1 aromatic heterocycles. The molecule has 0 atom stereocenters. The molecule has 0 aliphatic rings. The maximum atomic E-state index is 6.10. The molecule has 2 aromatic carbocycles. The first kappa shape index (κ1) is 14.0. The van der Waals surface area contributed by atoms with E-state index in [9.17, 15) is 0 Å². The number of methoxy groups -OCH3 is 1. The molecule has 21 heavy (non-hydrogen) atoms. The zero-order chi connectivity index (χ0) is 15.0. The van der Waals surface area contributed by atoms with Crippen LogP contribution < -0.4 is 4.74 Å². The van der Waals surface area contributed by atoms with Crippen LogP contribution in [0.15, 0.2) is 36.4 Å². The van der Waals surface area contributed by atoms with Crippen molar-refractivity contribution < 1.29 is 4.74 Å². The summed E-state index contributed by atoms with van der Waals surface area (Å²) in [7, 11) is 1.66. The molecule has 3 rings (SSSR count). The Morgan fingerprint density at radius 2 is 1.95 bits per heavy atom. The number of hydrogen-bond acceptors (Lipinski definition) is 2. The van der Waals surface area contributed by atoms with Crippen molar-refractivity contribution in [3.8, 4) is 11.4 Å². The molecular weight excluding hydrogens is 284 g/mol. The second-order valence-corrected chi connectivity index (χ2v) is 5.41. The number of fused-ring (bicyclic) bond motifs is 1. The minimum absolute atomic E-state index is 0.365. The molecular formula is C17H17ClN2O. The van der Waals surface area contributed by atoms with E-state index in [0.29, 0.717) is 5.88 Å². The molecule has 4 heteroatoms. The fraction of sp³-hybridized carbons (Fsp3) is 0.235. The summed E-state index contributed by atoms with van der Waals surface area (Å²) in [5.41, 5.74) is 5.47. The van der Waals surface area contributed by atoms with E-state index in [-0.39, 0.29) is 0 Å². The van der Waals surface area contributed by atoms with Crippen LogP contribution >= 0.6 is 11.6 Å². The number of aryl methyl sites for hydroxylation is 2. The number of alkyl halides is 1. The Morgan fingerprint density at radius 1 is 1.14 bits per heavy atom. The second kappa shape index (κ2) is 5.41. The zero-order valence-corrected chi connectivity index (χ0v) is 13.1. The molecule has 0 N–H and O–H groups in total. The molecule has 0 unspecified atom stereocenters. The van der Waals surface area contributed by atoms with E-state index >= 15 is 0 Å². The van der Waals surface area contributed by atoms with Crippen molar-refractivity contribution in [3.05, 3.63) is 53.3 Å². The van der Waals surface area contributed by atoms with Crippen LogP contribution in [0.3, 0.4) is 0 Å². The largest absolute Gasteiger partial charge is 0.497 e. The summed E-state index contributed by atoms with van der Waals surface area (Å²) in [6.45, 7) is 4.19. The summed E-state index contributed by atoms with van der Waals surface area (Å²) < 4.78 is 7.40. The summed E-state index contributed by atoms with van der Waals surface area (Å²) in [5.74, 6) is 2.01. The highest BCUT2D eigenvalue weighted by molar-refractivity contribution is 6.17. The van der Waals surface area contributed by atoms with E-state index in [0.717, 1.165) is 28.3 Å². The van der Waals surface area contributed by atoms with Gasteiger partial charge in [-0.05, 0) is 43.2 Å². The average molecular weight is 301 g/mol. The van der Waals surface area contributed by atoms with Crippen molar-refractivity contribution in [1.82, 2.24) is 9.55 Å². The number of ether oxygens (including phenoxy) is 1. The Balaban J connectivity index is 2.32. The van der Waals surface area contributed by atoms with Gasteiger partial charge in [0.2, 0.25) is 0 Å². The molecule has 3 aromatic rings. The SMILES string of the molecule is COc1ccc2c(c1)nc(CCl)n2-c1cc(C)ccc1C. The van der Waals surface area contributed by atoms with Gasteiger partial charge in [0.1, 0.15) is 11.6 Å². The van der Waals surface area contributed by atoms with E-state index < -0.39 is 0 Å². The number of benzene rings is 2. The quantitative estimate of drug-likeness (QED) is 0.671. The lowest BCUT2D eigenvalue weighted by atomic mass is 10.1. The summed E-state index contributed by atoms with van der Waals surface area (Å²) in [6, 6.07) is 12.3. The standard InChI is InChI=1S/C17H17ClN2O/c1-11-4-5-12(2)16(8-11)20-15-7-6-13(21-3)9-14(15)19-17(20)10-18/h4-9H,10H2,1-3H3. The minimum atomic E-state index is 0.365. The van der Waals surface area contributed by atoms with Crippen LogP contribution in [-0.2, 0) is 5.88 Å². The number of halogens is 1. The Bertz CT molecular complexity index is 808. The molecule has 0 amide bonds. The van der Waals surface area contributed by atoms with E-state index in [2.05, 4.69) is 41.6 Å². The normalized spacial score (nSPS) is 11.0. The van der Waals surface area contributed by atoms with Gasteiger partial charge in [0.25, 0.3) is 0 Å². The second-order valence-electron chi connectivity index (χ2n) is 5.14. The molecule has 0 spiro atoms. The third-order valence-corrected chi connectivity index (χ3v) is 3.90. The highest BCUT2D eigenvalue weighted by Gasteiger charge is 2.14. The first-order valence-electron chi connectivity index (χ1n) is 6.83. The van der Waals surface area contributed by atoms with Gasteiger partial charge in [-0.2, -0.15) is 0 Å². The van der Waals surface area contributed by atoms with Crippen molar-refractivity contribution in [2.24, 2.45) is 0 Å². The van der Waals surface area contributed by atoms with Gasteiger partial charge in [0.05, 0.1) is 29.7 Å². The van der Waals surface area contributed by atoms with Gasteiger partial charge in [-0.15, -0.1) is 11.6 Å². The van der Waals surface area contributed by atoms with Gasteiger partial charge in [-0.3, -0.25) is 4.57 Å². The van der Waals surface area contributed by atoms with Gasteiger partial charge < -0.3 is 4.74 Å². The minimum Gasteiger partial charge on any atom is -0.497 e. The lowest BCUT2D eigenvalue weighted by Crippen LogP contribution is -2.02. The van der Waals surface area contributed by atoms with Crippen LogP contribution in [0.4, 0.5) is 0 Å². The zero-order valence-electron chi connectivity index (χ0n) is 12.4. The smallest absolute Gasteiger partial charge is 0.129 e. The van der Waals surface area contributed by atoms with Crippen LogP contribution in [0.2, 0.25) is 0 Å². The lowest BCUT2D eigenvalue weighted by Gasteiger charge is -2.12. The Hall–Kier alpha value is -2.00. The van der Waals surface area contributed by atoms with Crippen molar-refractivity contribution in [3.63, 3.8) is 0 Å². The number of aromatic nitrogens is 2. The van der Waals surface area contributed by atoms with E-state index in [1.54, 1.807) is 7.11 Å². The molecule has 0 saturated carbocycles. The average Bonchev–Trinajstić information content (AvgIpc) is 2.87. The van der Waals surface area contributed by atoms with Crippen molar-refractivity contribution in [2.75, 3.05) is 7.11 Å². The lowest BCUT2D eigenvalue weighted by molar-refractivity contribution is 0.415. The molecule has 3 nitrogen and oxygen atoms in total. The third kappa shape index (κ3) is 2.38. The van der Waals surface area contributed by atoms with Gasteiger partial charge in [-0.1, -0.05) is 12.1 Å². The van der Waals surface area contributed by atoms with Crippen molar-refractivity contribution >= 4 is 22.6 Å². The Kier molecular flexibility index (Phi) is 3.60. The van der Waals surface area contributed by atoms with Crippen molar-refractivity contribution in [1.29, 1.82) is 0 Å². The Labute approximate surface area is 129 Å². The molecule has 0 fully saturated rings. The molecule has 108 valence electrons. The third-order valence-electron chi connectivity index (χ3n) is 3.66. The maximum absolute atomic E-state index is 6.10. The molecule has 0 saturated heterocycles. The monoisotopic (exact) mass is 300 g/mol. The predicted octanol–water partition coefficient (Wildman–Crippen LogP) is 4.39. The summed E-state index contributed by atoms with van der Waals surface area (Å²) in [5, 5.41) is 0. The first-order chi connectivity index (χ1) is 10.1. The van der Waals surface area contributed by atoms with Crippen molar-refractivity contribution in [2.45, 2.75) is 19.7 Å². The van der Waals surface area contributed by atoms with Crippen LogP contribution in [0.1, 0.15) is 17.0 Å². The number of rotatable bonds is 3. The fourth-order valence-corrected chi connectivity index (χ4v) is 2.73. The molecule has 0 aliphatic heterocycles.